The normalized spacial score (nSPS) is 14.9. The first kappa shape index (κ1) is 10.5. The van der Waals surface area contributed by atoms with Gasteiger partial charge in [0.05, 0.1) is 6.61 Å². The summed E-state index contributed by atoms with van der Waals surface area (Å²) < 4.78 is 10.6. The summed E-state index contributed by atoms with van der Waals surface area (Å²) in [6.45, 7) is 6.20. The van der Waals surface area contributed by atoms with E-state index in [1.165, 1.54) is 5.56 Å². The van der Waals surface area contributed by atoms with Crippen molar-refractivity contribution in [2.24, 2.45) is 0 Å². The fourth-order valence-corrected chi connectivity index (χ4v) is 1.54. The van der Waals surface area contributed by atoms with Crippen molar-refractivity contribution in [3.63, 3.8) is 0 Å². The Kier molecular flexibility index (Phi) is 3.23. The van der Waals surface area contributed by atoms with Gasteiger partial charge in [-0.15, -0.1) is 0 Å². The van der Waals surface area contributed by atoms with Crippen LogP contribution in [-0.2, 0) is 17.9 Å². The fourth-order valence-electron chi connectivity index (χ4n) is 1.54. The van der Waals surface area contributed by atoms with Gasteiger partial charge in [-0.2, -0.15) is 0 Å². The van der Waals surface area contributed by atoms with E-state index in [1.807, 2.05) is 0 Å². The van der Waals surface area contributed by atoms with Crippen LogP contribution in [0.5, 0.6) is 5.75 Å². The van der Waals surface area contributed by atoms with Crippen LogP contribution in [0.1, 0.15) is 25.0 Å². The highest BCUT2D eigenvalue weighted by atomic mass is 16.7. The molecule has 0 unspecified atom stereocenters. The lowest BCUT2D eigenvalue weighted by atomic mass is 10.1. The number of rotatable bonds is 3. The lowest BCUT2D eigenvalue weighted by molar-refractivity contribution is -0.0164. The van der Waals surface area contributed by atoms with Crippen LogP contribution in [-0.4, -0.2) is 12.8 Å². The van der Waals surface area contributed by atoms with Crippen LogP contribution in [0.15, 0.2) is 18.2 Å². The summed E-state index contributed by atoms with van der Waals surface area (Å²) in [5.74, 6) is 0.962. The molecule has 0 bridgehead atoms. The largest absolute Gasteiger partial charge is 0.467 e. The minimum Gasteiger partial charge on any atom is -0.467 e. The maximum atomic E-state index is 5.42. The van der Waals surface area contributed by atoms with Crippen LogP contribution in [0.25, 0.3) is 0 Å². The zero-order chi connectivity index (χ0) is 10.7. The summed E-state index contributed by atoms with van der Waals surface area (Å²) in [6.07, 6.45) is 0. The molecule has 15 heavy (non-hydrogen) atoms. The molecule has 0 radical (unpaired) electrons. The van der Waals surface area contributed by atoms with E-state index >= 15 is 0 Å². The molecule has 0 saturated carbocycles. The van der Waals surface area contributed by atoms with Gasteiger partial charge in [0.25, 0.3) is 0 Å². The zero-order valence-electron chi connectivity index (χ0n) is 9.25. The van der Waals surface area contributed by atoms with Gasteiger partial charge in [0.2, 0.25) is 0 Å². The summed E-state index contributed by atoms with van der Waals surface area (Å²) in [5, 5.41) is 3.38. The molecular weight excluding hydrogens is 190 g/mol. The van der Waals surface area contributed by atoms with Gasteiger partial charge in [0.1, 0.15) is 5.75 Å². The SMILES string of the molecule is CC(C)NCc1ccc2c(c1)OCOC2. The van der Waals surface area contributed by atoms with E-state index in [1.54, 1.807) is 0 Å². The van der Waals surface area contributed by atoms with Crippen molar-refractivity contribution < 1.29 is 9.47 Å². The topological polar surface area (TPSA) is 30.5 Å². The van der Waals surface area contributed by atoms with E-state index in [2.05, 4.69) is 37.4 Å². The quantitative estimate of drug-likeness (QED) is 0.822. The van der Waals surface area contributed by atoms with Gasteiger partial charge in [-0.3, -0.25) is 0 Å². The highest BCUT2D eigenvalue weighted by Crippen LogP contribution is 2.24. The molecule has 0 atom stereocenters. The molecule has 1 N–H and O–H groups in total. The molecule has 3 nitrogen and oxygen atoms in total. The average Bonchev–Trinajstić information content (AvgIpc) is 2.26. The third kappa shape index (κ3) is 2.70. The van der Waals surface area contributed by atoms with Gasteiger partial charge >= 0.3 is 0 Å². The van der Waals surface area contributed by atoms with E-state index < -0.39 is 0 Å². The number of fused-ring (bicyclic) bond motifs is 1. The summed E-state index contributed by atoms with van der Waals surface area (Å²) in [5.41, 5.74) is 2.39. The Labute approximate surface area is 90.4 Å². The van der Waals surface area contributed by atoms with E-state index in [0.29, 0.717) is 19.4 Å². The smallest absolute Gasteiger partial charge is 0.189 e. The standard InChI is InChI=1S/C12H17NO2/c1-9(2)13-6-10-3-4-11-7-14-8-15-12(11)5-10/h3-5,9,13H,6-8H2,1-2H3. The number of hydrogen-bond donors (Lipinski definition) is 1. The van der Waals surface area contributed by atoms with Gasteiger partial charge in [-0.25, -0.2) is 0 Å². The number of hydrogen-bond acceptors (Lipinski definition) is 3. The highest BCUT2D eigenvalue weighted by molar-refractivity contribution is 5.37. The van der Waals surface area contributed by atoms with Gasteiger partial charge in [0, 0.05) is 18.2 Å². The molecule has 1 aromatic rings. The van der Waals surface area contributed by atoms with Gasteiger partial charge in [-0.1, -0.05) is 26.0 Å². The number of benzene rings is 1. The Morgan fingerprint density at radius 3 is 3.07 bits per heavy atom. The van der Waals surface area contributed by atoms with Crippen LogP contribution in [0.2, 0.25) is 0 Å². The van der Waals surface area contributed by atoms with Crippen LogP contribution in [0.3, 0.4) is 0 Å². The number of ether oxygens (including phenoxy) is 2. The van der Waals surface area contributed by atoms with Crippen molar-refractivity contribution in [2.45, 2.75) is 33.0 Å². The third-order valence-electron chi connectivity index (χ3n) is 2.40. The van der Waals surface area contributed by atoms with E-state index in [9.17, 15) is 0 Å². The van der Waals surface area contributed by atoms with Crippen molar-refractivity contribution in [1.82, 2.24) is 5.32 Å². The van der Waals surface area contributed by atoms with Gasteiger partial charge in [-0.05, 0) is 11.6 Å². The maximum absolute atomic E-state index is 5.42. The molecule has 3 heteroatoms. The Hall–Kier alpha value is -1.06. The Balaban J connectivity index is 2.07. The second-order valence-electron chi connectivity index (χ2n) is 4.09. The molecule has 1 heterocycles. The van der Waals surface area contributed by atoms with Crippen molar-refractivity contribution in [3.8, 4) is 5.75 Å². The lowest BCUT2D eigenvalue weighted by Crippen LogP contribution is -2.22. The van der Waals surface area contributed by atoms with Crippen LogP contribution >= 0.6 is 0 Å². The van der Waals surface area contributed by atoms with Crippen LogP contribution in [0, 0.1) is 0 Å². The monoisotopic (exact) mass is 207 g/mol. The van der Waals surface area contributed by atoms with E-state index in [-0.39, 0.29) is 0 Å². The van der Waals surface area contributed by atoms with Crippen molar-refractivity contribution >= 4 is 0 Å². The average molecular weight is 207 g/mol. The van der Waals surface area contributed by atoms with Crippen molar-refractivity contribution in [3.05, 3.63) is 29.3 Å². The Morgan fingerprint density at radius 1 is 1.40 bits per heavy atom. The van der Waals surface area contributed by atoms with Gasteiger partial charge < -0.3 is 14.8 Å². The van der Waals surface area contributed by atoms with E-state index in [0.717, 1.165) is 17.9 Å². The van der Waals surface area contributed by atoms with Gasteiger partial charge in [0.15, 0.2) is 6.79 Å². The fraction of sp³-hybridized carbons (Fsp3) is 0.500. The Morgan fingerprint density at radius 2 is 2.27 bits per heavy atom. The minimum absolute atomic E-state index is 0.369. The first-order valence-electron chi connectivity index (χ1n) is 5.31. The molecule has 1 aliphatic heterocycles. The Bertz CT molecular complexity index is 336. The van der Waals surface area contributed by atoms with Crippen molar-refractivity contribution in [1.29, 1.82) is 0 Å². The molecule has 0 fully saturated rings. The first-order chi connectivity index (χ1) is 7.25. The molecule has 1 aromatic carbocycles. The molecular formula is C12H17NO2. The molecule has 0 amide bonds. The number of nitrogens with one attached hydrogen (secondary N) is 1. The van der Waals surface area contributed by atoms with Crippen molar-refractivity contribution in [2.75, 3.05) is 6.79 Å². The third-order valence-corrected chi connectivity index (χ3v) is 2.40. The predicted molar refractivity (Wildman–Crippen MR) is 58.7 cm³/mol. The highest BCUT2D eigenvalue weighted by Gasteiger charge is 2.10. The minimum atomic E-state index is 0.369. The molecule has 0 spiro atoms. The van der Waals surface area contributed by atoms with Crippen LogP contribution in [0.4, 0.5) is 0 Å². The summed E-state index contributed by atoms with van der Waals surface area (Å²) in [6, 6.07) is 6.79. The summed E-state index contributed by atoms with van der Waals surface area (Å²) >= 11 is 0. The molecule has 1 aliphatic rings. The molecule has 0 saturated heterocycles. The predicted octanol–water partition coefficient (Wildman–Crippen LogP) is 2.05. The summed E-state index contributed by atoms with van der Waals surface area (Å²) in [4.78, 5) is 0. The summed E-state index contributed by atoms with van der Waals surface area (Å²) in [7, 11) is 0. The maximum Gasteiger partial charge on any atom is 0.189 e. The van der Waals surface area contributed by atoms with E-state index in [4.69, 9.17) is 9.47 Å². The van der Waals surface area contributed by atoms with Crippen LogP contribution < -0.4 is 10.1 Å². The molecule has 0 aromatic heterocycles. The molecule has 82 valence electrons. The zero-order valence-corrected chi connectivity index (χ0v) is 9.25. The molecule has 2 rings (SSSR count). The first-order valence-corrected chi connectivity index (χ1v) is 5.31. The second kappa shape index (κ2) is 4.64. The second-order valence-corrected chi connectivity index (χ2v) is 4.09. The lowest BCUT2D eigenvalue weighted by Gasteiger charge is -2.18. The molecule has 0 aliphatic carbocycles.